The Kier molecular flexibility index (Phi) is 3.71. The molecule has 0 fully saturated rings. The van der Waals surface area contributed by atoms with Crippen LogP contribution in [0.1, 0.15) is 0 Å². The first-order valence-corrected chi connectivity index (χ1v) is 6.63. The molecule has 0 aromatic heterocycles. The van der Waals surface area contributed by atoms with Crippen molar-refractivity contribution in [2.75, 3.05) is 0 Å². The first kappa shape index (κ1) is 16.3. The van der Waals surface area contributed by atoms with Gasteiger partial charge in [0.2, 0.25) is 0 Å². The number of hydrogen-bond acceptors (Lipinski definition) is 3. The smallest absolute Gasteiger partial charge is 0.376 e. The van der Waals surface area contributed by atoms with Crippen LogP contribution in [0, 0.1) is 23.3 Å². The fourth-order valence-electron chi connectivity index (χ4n) is 1.55. The van der Waals surface area contributed by atoms with Gasteiger partial charge in [-0.05, 0) is 18.2 Å². The minimum absolute atomic E-state index is 0.305. The standard InChI is InChI=1S/C11H3F7O3S/c12-7-5-2-1-4(21-22(19,20)11(16,17)18)3-6(5)8(13)10(15)9(7)14/h1-3H. The van der Waals surface area contributed by atoms with E-state index in [1.54, 1.807) is 0 Å². The third kappa shape index (κ3) is 2.56. The van der Waals surface area contributed by atoms with E-state index in [4.69, 9.17) is 0 Å². The van der Waals surface area contributed by atoms with Gasteiger partial charge in [-0.25, -0.2) is 17.6 Å². The molecule has 0 unspecified atom stereocenters. The van der Waals surface area contributed by atoms with Crippen molar-refractivity contribution in [2.45, 2.75) is 5.51 Å². The molecule has 3 nitrogen and oxygen atoms in total. The lowest BCUT2D eigenvalue weighted by atomic mass is 10.1. The Hall–Kier alpha value is -2.04. The summed E-state index contributed by atoms with van der Waals surface area (Å²) in [6, 6.07) is 1.39. The van der Waals surface area contributed by atoms with Crippen LogP contribution in [-0.4, -0.2) is 13.9 Å². The van der Waals surface area contributed by atoms with Gasteiger partial charge in [0.25, 0.3) is 0 Å². The highest BCUT2D eigenvalue weighted by Gasteiger charge is 2.48. The molecule has 0 radical (unpaired) electrons. The van der Waals surface area contributed by atoms with E-state index in [9.17, 15) is 39.2 Å². The van der Waals surface area contributed by atoms with Crippen molar-refractivity contribution in [3.05, 3.63) is 41.5 Å². The number of alkyl halides is 3. The molecule has 0 aliphatic rings. The lowest BCUT2D eigenvalue weighted by molar-refractivity contribution is -0.0500. The average Bonchev–Trinajstić information content (AvgIpc) is 2.41. The molecule has 11 heteroatoms. The van der Waals surface area contributed by atoms with Crippen molar-refractivity contribution in [2.24, 2.45) is 0 Å². The lowest BCUT2D eigenvalue weighted by Gasteiger charge is -2.11. The van der Waals surface area contributed by atoms with E-state index in [1.807, 2.05) is 0 Å². The highest BCUT2D eigenvalue weighted by Crippen LogP contribution is 2.32. The summed E-state index contributed by atoms with van der Waals surface area (Å²) in [5.74, 6) is -9.03. The van der Waals surface area contributed by atoms with Crippen LogP contribution in [0.3, 0.4) is 0 Å². The van der Waals surface area contributed by atoms with Crippen molar-refractivity contribution in [1.29, 1.82) is 0 Å². The maximum Gasteiger partial charge on any atom is 0.534 e. The SMILES string of the molecule is O=S(=O)(Oc1ccc2c(F)c(F)c(F)c(F)c2c1)C(F)(F)F. The van der Waals surface area contributed by atoms with Crippen molar-refractivity contribution in [1.82, 2.24) is 0 Å². The van der Waals surface area contributed by atoms with E-state index in [0.717, 1.165) is 0 Å². The molecule has 0 N–H and O–H groups in total. The molecule has 0 aliphatic heterocycles. The maximum absolute atomic E-state index is 13.5. The molecule has 0 bridgehead atoms. The largest absolute Gasteiger partial charge is 0.534 e. The van der Waals surface area contributed by atoms with Crippen molar-refractivity contribution < 1.29 is 43.3 Å². The van der Waals surface area contributed by atoms with Crippen molar-refractivity contribution in [3.63, 3.8) is 0 Å². The summed E-state index contributed by atoms with van der Waals surface area (Å²) in [5.41, 5.74) is -5.75. The fraction of sp³-hybridized carbons (Fsp3) is 0.0909. The van der Waals surface area contributed by atoms with Crippen LogP contribution in [0.2, 0.25) is 0 Å². The second kappa shape index (κ2) is 5.00. The van der Waals surface area contributed by atoms with Gasteiger partial charge in [0.15, 0.2) is 23.3 Å². The average molecular weight is 348 g/mol. The van der Waals surface area contributed by atoms with Gasteiger partial charge in [-0.2, -0.15) is 21.6 Å². The number of fused-ring (bicyclic) bond motifs is 1. The fourth-order valence-corrected chi connectivity index (χ4v) is 2.00. The van der Waals surface area contributed by atoms with E-state index < -0.39 is 55.4 Å². The Labute approximate surface area is 118 Å². The van der Waals surface area contributed by atoms with Gasteiger partial charge in [-0.15, -0.1) is 0 Å². The summed E-state index contributed by atoms with van der Waals surface area (Å²) in [6.45, 7) is 0. The van der Waals surface area contributed by atoms with Gasteiger partial charge in [0.1, 0.15) is 5.75 Å². The number of hydrogen-bond donors (Lipinski definition) is 0. The minimum Gasteiger partial charge on any atom is -0.376 e. The van der Waals surface area contributed by atoms with Gasteiger partial charge in [-0.1, -0.05) is 0 Å². The molecule has 0 saturated heterocycles. The molecule has 2 aromatic rings. The Morgan fingerprint density at radius 1 is 0.818 bits per heavy atom. The van der Waals surface area contributed by atoms with E-state index in [-0.39, 0.29) is 0 Å². The zero-order chi connectivity index (χ0) is 16.9. The normalized spacial score (nSPS) is 12.7. The molecular formula is C11H3F7O3S. The Balaban J connectivity index is 2.62. The summed E-state index contributed by atoms with van der Waals surface area (Å²) >= 11 is 0. The Morgan fingerprint density at radius 3 is 1.82 bits per heavy atom. The molecule has 2 aromatic carbocycles. The molecule has 0 aliphatic carbocycles. The number of benzene rings is 2. The van der Waals surface area contributed by atoms with Crippen LogP contribution >= 0.6 is 0 Å². The molecule has 0 amide bonds. The highest BCUT2D eigenvalue weighted by atomic mass is 32.2. The monoisotopic (exact) mass is 348 g/mol. The van der Waals surface area contributed by atoms with Crippen LogP contribution in [0.15, 0.2) is 18.2 Å². The molecule has 0 atom stereocenters. The van der Waals surface area contributed by atoms with Gasteiger partial charge >= 0.3 is 15.6 Å². The summed E-state index contributed by atoms with van der Waals surface area (Å²) < 4.78 is 115. The molecule has 22 heavy (non-hydrogen) atoms. The predicted octanol–water partition coefficient (Wildman–Crippen LogP) is 3.62. The molecular weight excluding hydrogens is 345 g/mol. The summed E-state index contributed by atoms with van der Waals surface area (Å²) in [6.07, 6.45) is 0. The molecule has 0 spiro atoms. The van der Waals surface area contributed by atoms with Gasteiger partial charge in [0, 0.05) is 10.8 Å². The topological polar surface area (TPSA) is 43.4 Å². The molecule has 120 valence electrons. The van der Waals surface area contributed by atoms with Crippen molar-refractivity contribution >= 4 is 20.9 Å². The van der Waals surface area contributed by atoms with E-state index in [1.165, 1.54) is 0 Å². The van der Waals surface area contributed by atoms with Crippen molar-refractivity contribution in [3.8, 4) is 5.75 Å². The Morgan fingerprint density at radius 2 is 1.32 bits per heavy atom. The third-order valence-electron chi connectivity index (χ3n) is 2.53. The van der Waals surface area contributed by atoms with E-state index >= 15 is 0 Å². The van der Waals surface area contributed by atoms with Gasteiger partial charge in [-0.3, -0.25) is 0 Å². The maximum atomic E-state index is 13.5. The van der Waals surface area contributed by atoms with Gasteiger partial charge in [0.05, 0.1) is 0 Å². The number of rotatable bonds is 2. The van der Waals surface area contributed by atoms with E-state index in [2.05, 4.69) is 4.18 Å². The Bertz CT molecular complexity index is 858. The first-order chi connectivity index (χ1) is 9.95. The predicted molar refractivity (Wildman–Crippen MR) is 59.4 cm³/mol. The minimum atomic E-state index is -6.04. The number of halogens is 7. The first-order valence-electron chi connectivity index (χ1n) is 5.22. The second-order valence-electron chi connectivity index (χ2n) is 3.95. The zero-order valence-electron chi connectivity index (χ0n) is 10.0. The van der Waals surface area contributed by atoms with Crippen LogP contribution in [0.5, 0.6) is 5.75 Å². The van der Waals surface area contributed by atoms with Gasteiger partial charge < -0.3 is 4.18 Å². The quantitative estimate of drug-likeness (QED) is 0.274. The molecule has 0 heterocycles. The summed E-state index contributed by atoms with van der Waals surface area (Å²) in [5, 5.41) is -1.78. The van der Waals surface area contributed by atoms with Crippen LogP contribution in [-0.2, 0) is 10.1 Å². The third-order valence-corrected chi connectivity index (χ3v) is 3.51. The highest BCUT2D eigenvalue weighted by molar-refractivity contribution is 7.88. The lowest BCUT2D eigenvalue weighted by Crippen LogP contribution is -2.28. The second-order valence-corrected chi connectivity index (χ2v) is 5.48. The summed E-state index contributed by atoms with van der Waals surface area (Å²) in [7, 11) is -6.04. The van der Waals surface area contributed by atoms with Crippen LogP contribution < -0.4 is 4.18 Å². The van der Waals surface area contributed by atoms with E-state index in [0.29, 0.717) is 18.2 Å². The molecule has 2 rings (SSSR count). The zero-order valence-corrected chi connectivity index (χ0v) is 10.8. The van der Waals surface area contributed by atoms with Crippen LogP contribution in [0.25, 0.3) is 10.8 Å². The van der Waals surface area contributed by atoms with Crippen LogP contribution in [0.4, 0.5) is 30.7 Å². The molecule has 0 saturated carbocycles. The summed E-state index contributed by atoms with van der Waals surface area (Å²) in [4.78, 5) is 0.